The molecule has 5 heteroatoms. The van der Waals surface area contributed by atoms with Crippen molar-refractivity contribution >= 4 is 22.7 Å². The molecule has 0 unspecified atom stereocenters. The van der Waals surface area contributed by atoms with Crippen LogP contribution < -0.4 is 0 Å². The van der Waals surface area contributed by atoms with Crippen LogP contribution in [0.4, 0.5) is 0 Å². The first-order valence-electron chi connectivity index (χ1n) is 6.39. The first-order valence-corrected chi connectivity index (χ1v) is 6.39. The lowest BCUT2D eigenvalue weighted by molar-refractivity contribution is 0.0479. The minimum atomic E-state index is -0.540. The molecule has 104 valence electrons. The number of benzene rings is 1. The number of esters is 2. The summed E-state index contributed by atoms with van der Waals surface area (Å²) >= 11 is 0. The van der Waals surface area contributed by atoms with Gasteiger partial charge in [-0.1, -0.05) is 0 Å². The summed E-state index contributed by atoms with van der Waals surface area (Å²) in [6.45, 7) is 3.92. The Kier molecular flexibility index (Phi) is 4.30. The van der Waals surface area contributed by atoms with Gasteiger partial charge in [-0.05, 0) is 37.4 Å². The number of rotatable bonds is 4. The number of aromatic nitrogens is 1. The Bertz CT molecular complexity index is 595. The van der Waals surface area contributed by atoms with Crippen molar-refractivity contribution in [2.24, 2.45) is 0 Å². The molecule has 0 aliphatic rings. The molecule has 0 spiro atoms. The minimum absolute atomic E-state index is 0.200. The third kappa shape index (κ3) is 2.77. The summed E-state index contributed by atoms with van der Waals surface area (Å²) in [6, 6.07) is 5.00. The van der Waals surface area contributed by atoms with Crippen LogP contribution in [0.1, 0.15) is 34.6 Å². The zero-order valence-electron chi connectivity index (χ0n) is 11.4. The Morgan fingerprint density at radius 3 is 2.10 bits per heavy atom. The van der Waals surface area contributed by atoms with E-state index < -0.39 is 11.9 Å². The first kappa shape index (κ1) is 14.0. The van der Waals surface area contributed by atoms with Crippen LogP contribution in [0.15, 0.2) is 30.6 Å². The maximum absolute atomic E-state index is 12.0. The molecule has 2 aromatic rings. The van der Waals surface area contributed by atoms with Crippen molar-refractivity contribution < 1.29 is 19.1 Å². The fourth-order valence-electron chi connectivity index (χ4n) is 1.89. The highest BCUT2D eigenvalue weighted by Gasteiger charge is 2.20. The normalized spacial score (nSPS) is 10.3. The van der Waals surface area contributed by atoms with Gasteiger partial charge in [0.1, 0.15) is 0 Å². The largest absolute Gasteiger partial charge is 0.462 e. The Morgan fingerprint density at radius 2 is 1.55 bits per heavy atom. The van der Waals surface area contributed by atoms with Crippen molar-refractivity contribution in [2.45, 2.75) is 13.8 Å². The standard InChI is InChI=1S/C15H15NO4/c1-3-19-14(17)12-7-10-5-6-16-9-11(10)8-13(12)15(18)20-4-2/h5-9H,3-4H2,1-2H3. The molecular formula is C15H15NO4. The van der Waals surface area contributed by atoms with Crippen molar-refractivity contribution in [1.82, 2.24) is 4.98 Å². The van der Waals surface area contributed by atoms with Gasteiger partial charge in [0, 0.05) is 17.8 Å². The van der Waals surface area contributed by atoms with E-state index in [0.29, 0.717) is 0 Å². The second-order valence-corrected chi connectivity index (χ2v) is 4.06. The van der Waals surface area contributed by atoms with E-state index in [-0.39, 0.29) is 24.3 Å². The molecule has 0 amide bonds. The summed E-state index contributed by atoms with van der Waals surface area (Å²) in [5.74, 6) is -1.07. The number of pyridine rings is 1. The van der Waals surface area contributed by atoms with E-state index >= 15 is 0 Å². The topological polar surface area (TPSA) is 65.5 Å². The Labute approximate surface area is 116 Å². The van der Waals surface area contributed by atoms with Gasteiger partial charge in [0.05, 0.1) is 24.3 Å². The lowest BCUT2D eigenvalue weighted by Crippen LogP contribution is -2.14. The average molecular weight is 273 g/mol. The number of hydrogen-bond donors (Lipinski definition) is 0. The molecule has 0 aliphatic heterocycles. The fourth-order valence-corrected chi connectivity index (χ4v) is 1.89. The van der Waals surface area contributed by atoms with Gasteiger partial charge >= 0.3 is 11.9 Å². The van der Waals surface area contributed by atoms with Crippen LogP contribution in [0.25, 0.3) is 10.8 Å². The summed E-state index contributed by atoms with van der Waals surface area (Å²) in [4.78, 5) is 27.9. The molecule has 0 fully saturated rings. The van der Waals surface area contributed by atoms with Crippen molar-refractivity contribution in [1.29, 1.82) is 0 Å². The van der Waals surface area contributed by atoms with Gasteiger partial charge in [0.25, 0.3) is 0 Å². The number of carbonyl (C=O) groups is 2. The summed E-state index contributed by atoms with van der Waals surface area (Å²) in [5.41, 5.74) is 0.412. The fraction of sp³-hybridized carbons (Fsp3) is 0.267. The average Bonchev–Trinajstić information content (AvgIpc) is 2.46. The van der Waals surface area contributed by atoms with E-state index in [2.05, 4.69) is 4.98 Å². The van der Waals surface area contributed by atoms with Crippen LogP contribution in [-0.4, -0.2) is 30.1 Å². The first-order chi connectivity index (χ1) is 9.67. The molecule has 5 nitrogen and oxygen atoms in total. The van der Waals surface area contributed by atoms with Crippen molar-refractivity contribution in [3.63, 3.8) is 0 Å². The Balaban J connectivity index is 2.58. The van der Waals surface area contributed by atoms with Crippen LogP contribution in [0.3, 0.4) is 0 Å². The van der Waals surface area contributed by atoms with Crippen molar-refractivity contribution in [3.8, 4) is 0 Å². The third-order valence-electron chi connectivity index (χ3n) is 2.77. The van der Waals surface area contributed by atoms with Gasteiger partial charge in [0.2, 0.25) is 0 Å². The molecular weight excluding hydrogens is 258 g/mol. The molecule has 0 aliphatic carbocycles. The van der Waals surface area contributed by atoms with E-state index in [4.69, 9.17) is 9.47 Å². The van der Waals surface area contributed by atoms with Gasteiger partial charge in [0.15, 0.2) is 0 Å². The lowest BCUT2D eigenvalue weighted by atomic mass is 10.0. The van der Waals surface area contributed by atoms with Crippen molar-refractivity contribution in [3.05, 3.63) is 41.7 Å². The molecule has 0 N–H and O–H groups in total. The molecule has 1 heterocycles. The summed E-state index contributed by atoms with van der Waals surface area (Å²) in [7, 11) is 0. The number of hydrogen-bond acceptors (Lipinski definition) is 5. The molecule has 0 saturated carbocycles. The van der Waals surface area contributed by atoms with E-state index in [1.807, 2.05) is 0 Å². The van der Waals surface area contributed by atoms with Crippen LogP contribution in [-0.2, 0) is 9.47 Å². The van der Waals surface area contributed by atoms with E-state index in [9.17, 15) is 9.59 Å². The molecule has 2 rings (SSSR count). The molecule has 0 radical (unpaired) electrons. The van der Waals surface area contributed by atoms with Gasteiger partial charge < -0.3 is 9.47 Å². The van der Waals surface area contributed by atoms with Crippen LogP contribution in [0.5, 0.6) is 0 Å². The molecule has 0 bridgehead atoms. The number of ether oxygens (including phenoxy) is 2. The summed E-state index contributed by atoms with van der Waals surface area (Å²) in [5, 5.41) is 1.58. The second-order valence-electron chi connectivity index (χ2n) is 4.06. The van der Waals surface area contributed by atoms with Gasteiger partial charge in [-0.15, -0.1) is 0 Å². The Hall–Kier alpha value is -2.43. The van der Waals surface area contributed by atoms with E-state index in [1.54, 1.807) is 44.4 Å². The maximum atomic E-state index is 12.0. The smallest absolute Gasteiger partial charge is 0.339 e. The third-order valence-corrected chi connectivity index (χ3v) is 2.77. The SMILES string of the molecule is CCOC(=O)c1cc2ccncc2cc1C(=O)OCC. The quantitative estimate of drug-likeness (QED) is 0.801. The summed E-state index contributed by atoms with van der Waals surface area (Å²) < 4.78 is 9.96. The number of fused-ring (bicyclic) bond motifs is 1. The van der Waals surface area contributed by atoms with Crippen LogP contribution in [0, 0.1) is 0 Å². The van der Waals surface area contributed by atoms with Gasteiger partial charge in [-0.25, -0.2) is 9.59 Å². The van der Waals surface area contributed by atoms with Crippen LogP contribution >= 0.6 is 0 Å². The van der Waals surface area contributed by atoms with E-state index in [0.717, 1.165) is 10.8 Å². The minimum Gasteiger partial charge on any atom is -0.462 e. The maximum Gasteiger partial charge on any atom is 0.339 e. The van der Waals surface area contributed by atoms with Gasteiger partial charge in [-0.2, -0.15) is 0 Å². The summed E-state index contributed by atoms with van der Waals surface area (Å²) in [6.07, 6.45) is 3.26. The number of nitrogens with zero attached hydrogens (tertiary/aromatic N) is 1. The molecule has 20 heavy (non-hydrogen) atoms. The highest BCUT2D eigenvalue weighted by atomic mass is 16.5. The monoisotopic (exact) mass is 273 g/mol. The number of carbonyl (C=O) groups excluding carboxylic acids is 2. The lowest BCUT2D eigenvalue weighted by Gasteiger charge is -2.10. The second kappa shape index (κ2) is 6.14. The molecule has 0 atom stereocenters. The predicted molar refractivity (Wildman–Crippen MR) is 73.7 cm³/mol. The molecule has 0 saturated heterocycles. The zero-order valence-corrected chi connectivity index (χ0v) is 11.4. The zero-order chi connectivity index (χ0) is 14.5. The molecule has 1 aromatic carbocycles. The van der Waals surface area contributed by atoms with E-state index in [1.165, 1.54) is 0 Å². The molecule has 1 aromatic heterocycles. The van der Waals surface area contributed by atoms with Crippen molar-refractivity contribution in [2.75, 3.05) is 13.2 Å². The highest BCUT2D eigenvalue weighted by molar-refractivity contribution is 6.07. The highest BCUT2D eigenvalue weighted by Crippen LogP contribution is 2.21. The Morgan fingerprint density at radius 1 is 1.00 bits per heavy atom. The van der Waals surface area contributed by atoms with Crippen LogP contribution in [0.2, 0.25) is 0 Å². The predicted octanol–water partition coefficient (Wildman–Crippen LogP) is 2.59. The van der Waals surface area contributed by atoms with Gasteiger partial charge in [-0.3, -0.25) is 4.98 Å².